The molecule has 0 aliphatic carbocycles. The summed E-state index contributed by atoms with van der Waals surface area (Å²) >= 11 is 0. The smallest absolute Gasteiger partial charge is 0.123 e. The van der Waals surface area contributed by atoms with Gasteiger partial charge >= 0.3 is 0 Å². The lowest BCUT2D eigenvalue weighted by atomic mass is 10.3. The molecule has 0 aromatic carbocycles. The first-order chi connectivity index (χ1) is 7.74. The van der Waals surface area contributed by atoms with Gasteiger partial charge in [-0.3, -0.25) is 4.68 Å². The number of hydrogen-bond donors (Lipinski definition) is 2. The zero-order chi connectivity index (χ0) is 11.4. The second kappa shape index (κ2) is 4.65. The normalized spacial score (nSPS) is 10.3. The van der Waals surface area contributed by atoms with Crippen LogP contribution in [0.2, 0.25) is 0 Å². The number of rotatable bonds is 4. The van der Waals surface area contributed by atoms with Gasteiger partial charge in [0.05, 0.1) is 17.6 Å². The van der Waals surface area contributed by atoms with E-state index in [1.54, 1.807) is 16.9 Å². The number of hydrogen-bond acceptors (Lipinski definition) is 4. The van der Waals surface area contributed by atoms with Crippen LogP contribution in [0.3, 0.4) is 0 Å². The number of aromatic nitrogens is 3. The monoisotopic (exact) mass is 217 g/mol. The van der Waals surface area contributed by atoms with Gasteiger partial charge in [-0.25, -0.2) is 4.98 Å². The Kier molecular flexibility index (Phi) is 3.05. The molecule has 5 heteroatoms. The molecule has 0 spiro atoms. The summed E-state index contributed by atoms with van der Waals surface area (Å²) in [6, 6.07) is 5.72. The van der Waals surface area contributed by atoms with Crippen molar-refractivity contribution in [3.05, 3.63) is 36.3 Å². The topological polar surface area (TPSA) is 68.8 Å². The molecule has 5 nitrogen and oxygen atoms in total. The van der Waals surface area contributed by atoms with Crippen LogP contribution in [0.1, 0.15) is 5.69 Å². The van der Waals surface area contributed by atoms with Gasteiger partial charge in [0.25, 0.3) is 0 Å². The van der Waals surface area contributed by atoms with Crippen LogP contribution in [0.15, 0.2) is 30.6 Å². The van der Waals surface area contributed by atoms with Gasteiger partial charge in [0.2, 0.25) is 0 Å². The van der Waals surface area contributed by atoms with Gasteiger partial charge in [-0.05, 0) is 18.2 Å². The van der Waals surface area contributed by atoms with Crippen LogP contribution in [0.25, 0.3) is 0 Å². The van der Waals surface area contributed by atoms with E-state index in [2.05, 4.69) is 15.4 Å². The van der Waals surface area contributed by atoms with E-state index in [0.29, 0.717) is 5.82 Å². The van der Waals surface area contributed by atoms with Crippen molar-refractivity contribution in [2.45, 2.75) is 6.42 Å². The first kappa shape index (κ1) is 10.5. The number of nitrogens with two attached hydrogens (primary N) is 1. The van der Waals surface area contributed by atoms with Gasteiger partial charge in [0, 0.05) is 26.2 Å². The molecule has 2 rings (SSSR count). The summed E-state index contributed by atoms with van der Waals surface area (Å²) in [4.78, 5) is 4.00. The van der Waals surface area contributed by atoms with Crippen molar-refractivity contribution in [3.63, 3.8) is 0 Å². The highest BCUT2D eigenvalue weighted by atomic mass is 15.2. The number of nitrogens with one attached hydrogen (secondary N) is 1. The fourth-order valence-corrected chi connectivity index (χ4v) is 1.44. The lowest BCUT2D eigenvalue weighted by Crippen LogP contribution is -2.06. The first-order valence-corrected chi connectivity index (χ1v) is 5.18. The van der Waals surface area contributed by atoms with Crippen molar-refractivity contribution >= 4 is 11.5 Å². The summed E-state index contributed by atoms with van der Waals surface area (Å²) in [7, 11) is 1.92. The third kappa shape index (κ3) is 2.73. The van der Waals surface area contributed by atoms with Crippen LogP contribution in [-0.4, -0.2) is 21.3 Å². The predicted octanol–water partition coefficient (Wildman–Crippen LogP) is 1.05. The van der Waals surface area contributed by atoms with E-state index in [4.69, 9.17) is 5.73 Å². The van der Waals surface area contributed by atoms with Crippen molar-refractivity contribution in [2.24, 2.45) is 7.05 Å². The van der Waals surface area contributed by atoms with Gasteiger partial charge in [-0.15, -0.1) is 0 Å². The standard InChI is InChI=1S/C11H15N5/c1-16-7-5-9(15-16)4-6-13-10-2-3-11(12)14-8-10/h2-3,5,7-8,13H,4,6H2,1H3,(H2,12,14). The van der Waals surface area contributed by atoms with E-state index in [-0.39, 0.29) is 0 Å². The zero-order valence-corrected chi connectivity index (χ0v) is 9.22. The Morgan fingerprint density at radius 1 is 1.38 bits per heavy atom. The number of nitrogen functional groups attached to an aromatic ring is 1. The quantitative estimate of drug-likeness (QED) is 0.803. The van der Waals surface area contributed by atoms with Crippen molar-refractivity contribution in [2.75, 3.05) is 17.6 Å². The molecule has 0 amide bonds. The SMILES string of the molecule is Cn1ccc(CCNc2ccc(N)nc2)n1. The largest absolute Gasteiger partial charge is 0.384 e. The minimum Gasteiger partial charge on any atom is -0.384 e. The molecule has 0 bridgehead atoms. The molecule has 0 unspecified atom stereocenters. The second-order valence-corrected chi connectivity index (χ2v) is 3.63. The van der Waals surface area contributed by atoms with Gasteiger partial charge in [-0.1, -0.05) is 0 Å². The predicted molar refractivity (Wildman–Crippen MR) is 64.1 cm³/mol. The summed E-state index contributed by atoms with van der Waals surface area (Å²) in [5.74, 6) is 0.537. The Morgan fingerprint density at radius 2 is 2.25 bits per heavy atom. The third-order valence-electron chi connectivity index (χ3n) is 2.27. The molecular formula is C11H15N5. The minimum absolute atomic E-state index is 0.537. The van der Waals surface area contributed by atoms with E-state index in [1.165, 1.54) is 0 Å². The number of pyridine rings is 1. The number of anilines is 2. The highest BCUT2D eigenvalue weighted by Crippen LogP contribution is 2.06. The lowest BCUT2D eigenvalue weighted by Gasteiger charge is -2.04. The summed E-state index contributed by atoms with van der Waals surface area (Å²) in [6.07, 6.45) is 4.57. The molecule has 2 heterocycles. The molecule has 84 valence electrons. The molecule has 0 saturated carbocycles. The average Bonchev–Trinajstić information content (AvgIpc) is 2.67. The fraction of sp³-hybridized carbons (Fsp3) is 0.273. The molecule has 0 saturated heterocycles. The molecule has 16 heavy (non-hydrogen) atoms. The number of nitrogens with zero attached hydrogens (tertiary/aromatic N) is 3. The maximum absolute atomic E-state index is 5.50. The van der Waals surface area contributed by atoms with Gasteiger partial charge in [-0.2, -0.15) is 5.10 Å². The molecule has 0 fully saturated rings. The average molecular weight is 217 g/mol. The summed E-state index contributed by atoms with van der Waals surface area (Å²) in [5.41, 5.74) is 7.56. The highest BCUT2D eigenvalue weighted by molar-refractivity contribution is 5.45. The van der Waals surface area contributed by atoms with Crippen molar-refractivity contribution in [3.8, 4) is 0 Å². The lowest BCUT2D eigenvalue weighted by molar-refractivity contribution is 0.742. The number of aryl methyl sites for hydroxylation is 1. The maximum atomic E-state index is 5.50. The minimum atomic E-state index is 0.537. The molecule has 2 aromatic rings. The summed E-state index contributed by atoms with van der Waals surface area (Å²) < 4.78 is 1.81. The Hall–Kier alpha value is -2.04. The Bertz CT molecular complexity index is 446. The van der Waals surface area contributed by atoms with E-state index in [9.17, 15) is 0 Å². The Labute approximate surface area is 94.3 Å². The molecular weight excluding hydrogens is 202 g/mol. The molecule has 0 aliphatic rings. The van der Waals surface area contributed by atoms with Crippen LogP contribution < -0.4 is 11.1 Å². The van der Waals surface area contributed by atoms with E-state index in [1.807, 2.05) is 25.4 Å². The van der Waals surface area contributed by atoms with Crippen molar-refractivity contribution in [1.29, 1.82) is 0 Å². The van der Waals surface area contributed by atoms with Gasteiger partial charge in [0.15, 0.2) is 0 Å². The summed E-state index contributed by atoms with van der Waals surface area (Å²) in [6.45, 7) is 0.836. The van der Waals surface area contributed by atoms with Gasteiger partial charge in [0.1, 0.15) is 5.82 Å². The zero-order valence-electron chi connectivity index (χ0n) is 9.22. The van der Waals surface area contributed by atoms with Gasteiger partial charge < -0.3 is 11.1 Å². The second-order valence-electron chi connectivity index (χ2n) is 3.63. The molecule has 3 N–H and O–H groups in total. The maximum Gasteiger partial charge on any atom is 0.123 e. The Balaban J connectivity index is 1.82. The van der Waals surface area contributed by atoms with Crippen LogP contribution >= 0.6 is 0 Å². The van der Waals surface area contributed by atoms with Crippen LogP contribution in [-0.2, 0) is 13.5 Å². The van der Waals surface area contributed by atoms with Crippen LogP contribution in [0, 0.1) is 0 Å². The van der Waals surface area contributed by atoms with Crippen molar-refractivity contribution < 1.29 is 0 Å². The van der Waals surface area contributed by atoms with E-state index >= 15 is 0 Å². The van der Waals surface area contributed by atoms with Crippen LogP contribution in [0.5, 0.6) is 0 Å². The fourth-order valence-electron chi connectivity index (χ4n) is 1.44. The first-order valence-electron chi connectivity index (χ1n) is 5.18. The Morgan fingerprint density at radius 3 is 2.88 bits per heavy atom. The van der Waals surface area contributed by atoms with E-state index < -0.39 is 0 Å². The van der Waals surface area contributed by atoms with Crippen LogP contribution in [0.4, 0.5) is 11.5 Å². The third-order valence-corrected chi connectivity index (χ3v) is 2.27. The molecule has 2 aromatic heterocycles. The molecule has 0 aliphatic heterocycles. The molecule has 0 atom stereocenters. The highest BCUT2D eigenvalue weighted by Gasteiger charge is 1.97. The molecule has 0 radical (unpaired) electrons. The summed E-state index contributed by atoms with van der Waals surface area (Å²) in [5, 5.41) is 7.56. The van der Waals surface area contributed by atoms with E-state index in [0.717, 1.165) is 24.3 Å². The van der Waals surface area contributed by atoms with Crippen molar-refractivity contribution in [1.82, 2.24) is 14.8 Å².